The Hall–Kier alpha value is -1.24. The molecule has 0 aromatic heterocycles. The zero-order valence-electron chi connectivity index (χ0n) is 16.2. The maximum absolute atomic E-state index is 2.61. The van der Waals surface area contributed by atoms with Gasteiger partial charge in [0.2, 0.25) is 0 Å². The Morgan fingerprint density at radius 1 is 0.826 bits per heavy atom. The van der Waals surface area contributed by atoms with Gasteiger partial charge in [0.05, 0.1) is 0 Å². The quantitative estimate of drug-likeness (QED) is 0.454. The molecule has 0 saturated carbocycles. The van der Waals surface area contributed by atoms with E-state index in [9.17, 15) is 0 Å². The van der Waals surface area contributed by atoms with Crippen molar-refractivity contribution in [1.29, 1.82) is 0 Å². The molecule has 130 valence electrons. The van der Waals surface area contributed by atoms with Crippen molar-refractivity contribution in [3.05, 3.63) is 42.1 Å². The molecule has 0 unspecified atom stereocenters. The van der Waals surface area contributed by atoms with Gasteiger partial charge < -0.3 is 4.90 Å². The van der Waals surface area contributed by atoms with Crippen LogP contribution in [0.3, 0.4) is 0 Å². The van der Waals surface area contributed by atoms with E-state index < -0.39 is 0 Å². The Kier molecular flexibility index (Phi) is 7.88. The number of hydrogen-bond acceptors (Lipinski definition) is 1. The summed E-state index contributed by atoms with van der Waals surface area (Å²) in [5, 5.41) is 0. The second-order valence-electron chi connectivity index (χ2n) is 7.93. The maximum atomic E-state index is 2.61. The summed E-state index contributed by atoms with van der Waals surface area (Å²) in [4.78, 5) is 2.61. The number of hydrogen-bond donors (Lipinski definition) is 0. The molecule has 0 amide bonds. The van der Waals surface area contributed by atoms with E-state index in [1.165, 1.54) is 44.1 Å². The van der Waals surface area contributed by atoms with Crippen molar-refractivity contribution in [3.63, 3.8) is 0 Å². The third kappa shape index (κ3) is 6.41. The highest BCUT2D eigenvalue weighted by Gasteiger charge is 2.34. The summed E-state index contributed by atoms with van der Waals surface area (Å²) >= 11 is 0. The molecule has 1 heteroatoms. The van der Waals surface area contributed by atoms with E-state index in [1.807, 2.05) is 0 Å². The van der Waals surface area contributed by atoms with Gasteiger partial charge in [-0.15, -0.1) is 0 Å². The highest BCUT2D eigenvalue weighted by atomic mass is 15.2. The number of unbranched alkanes of at least 4 members (excludes halogenated alkanes) is 2. The summed E-state index contributed by atoms with van der Waals surface area (Å²) in [5.74, 6) is 0. The summed E-state index contributed by atoms with van der Waals surface area (Å²) in [7, 11) is 0. The zero-order chi connectivity index (χ0) is 17.3. The van der Waals surface area contributed by atoms with Crippen LogP contribution in [0, 0.1) is 0 Å². The second kappa shape index (κ2) is 9.15. The molecule has 1 rings (SSSR count). The third-order valence-corrected chi connectivity index (χ3v) is 4.80. The molecule has 1 nitrogen and oxygen atoms in total. The highest BCUT2D eigenvalue weighted by molar-refractivity contribution is 5.48. The van der Waals surface area contributed by atoms with Crippen LogP contribution >= 0.6 is 0 Å². The molecule has 0 saturated heterocycles. The lowest BCUT2D eigenvalue weighted by Gasteiger charge is -2.49. The molecule has 0 bridgehead atoms. The molecule has 0 spiro atoms. The van der Waals surface area contributed by atoms with E-state index in [1.54, 1.807) is 0 Å². The minimum absolute atomic E-state index is 0.179. The SMILES string of the molecule is CCCCC(C)(C)N(C=Cc1ccccc1)C(C)(C)CCCC. The van der Waals surface area contributed by atoms with E-state index in [2.05, 4.69) is 89.1 Å². The fourth-order valence-corrected chi connectivity index (χ4v) is 3.41. The van der Waals surface area contributed by atoms with Crippen LogP contribution in [0.15, 0.2) is 36.5 Å². The Labute approximate surface area is 144 Å². The monoisotopic (exact) mass is 315 g/mol. The number of rotatable bonds is 10. The van der Waals surface area contributed by atoms with Gasteiger partial charge >= 0.3 is 0 Å². The molecule has 1 aromatic carbocycles. The van der Waals surface area contributed by atoms with Crippen LogP contribution in [0.2, 0.25) is 0 Å². The van der Waals surface area contributed by atoms with Gasteiger partial charge in [0.1, 0.15) is 0 Å². The summed E-state index contributed by atoms with van der Waals surface area (Å²) in [6.45, 7) is 14.1. The van der Waals surface area contributed by atoms with E-state index in [4.69, 9.17) is 0 Å². The highest BCUT2D eigenvalue weighted by Crippen LogP contribution is 2.33. The minimum atomic E-state index is 0.179. The predicted octanol–water partition coefficient (Wildman–Crippen LogP) is 6.90. The number of nitrogens with zero attached hydrogens (tertiary/aromatic N) is 1. The van der Waals surface area contributed by atoms with Crippen molar-refractivity contribution in [2.75, 3.05) is 0 Å². The maximum Gasteiger partial charge on any atom is 0.0346 e. The van der Waals surface area contributed by atoms with Crippen molar-refractivity contribution in [1.82, 2.24) is 4.90 Å². The van der Waals surface area contributed by atoms with Crippen molar-refractivity contribution < 1.29 is 0 Å². The first-order valence-corrected chi connectivity index (χ1v) is 9.36. The summed E-state index contributed by atoms with van der Waals surface area (Å²) < 4.78 is 0. The molecule has 0 heterocycles. The Bertz CT molecular complexity index is 436. The smallest absolute Gasteiger partial charge is 0.0346 e. The van der Waals surface area contributed by atoms with Crippen LogP contribution in [-0.2, 0) is 0 Å². The Morgan fingerprint density at radius 2 is 1.30 bits per heavy atom. The Balaban J connectivity index is 3.02. The van der Waals surface area contributed by atoms with Crippen LogP contribution in [0.25, 0.3) is 6.08 Å². The number of benzene rings is 1. The topological polar surface area (TPSA) is 3.24 Å². The Morgan fingerprint density at radius 3 is 1.74 bits per heavy atom. The van der Waals surface area contributed by atoms with E-state index >= 15 is 0 Å². The van der Waals surface area contributed by atoms with Gasteiger partial charge in [-0.2, -0.15) is 0 Å². The standard InChI is InChI=1S/C22H37N/c1-7-9-17-21(3,4)23(22(5,6)18-10-8-2)19-16-20-14-12-11-13-15-20/h11-16,19H,7-10,17-18H2,1-6H3. The summed E-state index contributed by atoms with van der Waals surface area (Å²) in [6.07, 6.45) is 12.2. The fourth-order valence-electron chi connectivity index (χ4n) is 3.41. The van der Waals surface area contributed by atoms with Crippen LogP contribution in [-0.4, -0.2) is 16.0 Å². The summed E-state index contributed by atoms with van der Waals surface area (Å²) in [5.41, 5.74) is 1.63. The van der Waals surface area contributed by atoms with Crippen LogP contribution in [0.1, 0.15) is 85.6 Å². The van der Waals surface area contributed by atoms with Crippen LogP contribution in [0.5, 0.6) is 0 Å². The lowest BCUT2D eigenvalue weighted by atomic mass is 9.86. The molecule has 23 heavy (non-hydrogen) atoms. The average molecular weight is 316 g/mol. The molecule has 0 aliphatic carbocycles. The molecule has 0 aliphatic rings. The largest absolute Gasteiger partial charge is 0.367 e. The summed E-state index contributed by atoms with van der Waals surface area (Å²) in [6, 6.07) is 10.6. The molecular weight excluding hydrogens is 278 g/mol. The lowest BCUT2D eigenvalue weighted by molar-refractivity contribution is 0.0547. The second-order valence-corrected chi connectivity index (χ2v) is 7.93. The van der Waals surface area contributed by atoms with Gasteiger partial charge in [-0.05, 0) is 52.2 Å². The molecule has 0 radical (unpaired) electrons. The molecule has 1 aromatic rings. The molecule has 0 N–H and O–H groups in total. The van der Waals surface area contributed by atoms with Crippen molar-refractivity contribution in [2.24, 2.45) is 0 Å². The van der Waals surface area contributed by atoms with Crippen molar-refractivity contribution >= 4 is 6.08 Å². The molecular formula is C22H37N. The fraction of sp³-hybridized carbons (Fsp3) is 0.636. The van der Waals surface area contributed by atoms with E-state index in [-0.39, 0.29) is 11.1 Å². The average Bonchev–Trinajstić information content (AvgIpc) is 2.52. The van der Waals surface area contributed by atoms with Gasteiger partial charge in [0, 0.05) is 17.3 Å². The normalized spacial score (nSPS) is 12.8. The zero-order valence-corrected chi connectivity index (χ0v) is 16.2. The van der Waals surface area contributed by atoms with Gasteiger partial charge in [0.15, 0.2) is 0 Å². The van der Waals surface area contributed by atoms with Gasteiger partial charge in [-0.3, -0.25) is 0 Å². The molecule has 0 aliphatic heterocycles. The van der Waals surface area contributed by atoms with Crippen molar-refractivity contribution in [2.45, 2.75) is 91.1 Å². The predicted molar refractivity (Wildman–Crippen MR) is 105 cm³/mol. The van der Waals surface area contributed by atoms with Gasteiger partial charge in [0.25, 0.3) is 0 Å². The van der Waals surface area contributed by atoms with E-state index in [0.717, 1.165) is 0 Å². The third-order valence-electron chi connectivity index (χ3n) is 4.80. The minimum Gasteiger partial charge on any atom is -0.367 e. The first-order chi connectivity index (χ1) is 10.8. The first-order valence-electron chi connectivity index (χ1n) is 9.36. The van der Waals surface area contributed by atoms with Gasteiger partial charge in [-0.25, -0.2) is 0 Å². The molecule has 0 atom stereocenters. The van der Waals surface area contributed by atoms with Crippen molar-refractivity contribution in [3.8, 4) is 0 Å². The lowest BCUT2D eigenvalue weighted by Crippen LogP contribution is -2.52. The van der Waals surface area contributed by atoms with Crippen LogP contribution < -0.4 is 0 Å². The van der Waals surface area contributed by atoms with Gasteiger partial charge in [-0.1, -0.05) is 69.9 Å². The molecule has 0 fully saturated rings. The van der Waals surface area contributed by atoms with Crippen LogP contribution in [0.4, 0.5) is 0 Å². The van der Waals surface area contributed by atoms with E-state index in [0.29, 0.717) is 0 Å². The first kappa shape index (κ1) is 19.8.